The van der Waals surface area contributed by atoms with E-state index in [1.165, 1.54) is 0 Å². The van der Waals surface area contributed by atoms with Crippen LogP contribution < -0.4 is 10.6 Å². The Hall–Kier alpha value is -2.30. The van der Waals surface area contributed by atoms with E-state index in [0.29, 0.717) is 11.4 Å². The van der Waals surface area contributed by atoms with E-state index in [4.69, 9.17) is 0 Å². The molecule has 0 spiro atoms. The van der Waals surface area contributed by atoms with E-state index in [1.54, 1.807) is 6.20 Å². The molecule has 0 radical (unpaired) electrons. The molecule has 5 nitrogen and oxygen atoms in total. The molecule has 5 heteroatoms. The maximum Gasteiger partial charge on any atom is 0.258 e. The number of para-hydroxylation sites is 1. The molecule has 0 saturated heterocycles. The lowest BCUT2D eigenvalue weighted by Crippen LogP contribution is -2.16. The topological polar surface area (TPSA) is 69.8 Å². The quantitative estimate of drug-likeness (QED) is 0.757. The highest BCUT2D eigenvalue weighted by atomic mass is 16.1. The fourth-order valence-electron chi connectivity index (χ4n) is 1.96. The van der Waals surface area contributed by atoms with Crippen LogP contribution in [0, 0.1) is 0 Å². The first-order valence-electron chi connectivity index (χ1n) is 6.92. The number of nitrogens with zero attached hydrogens (tertiary/aromatic N) is 1. The summed E-state index contributed by atoms with van der Waals surface area (Å²) in [6.45, 7) is 4.96. The standard InChI is InChI=1S/C15H20N4O/c1-3-9-16-13-8-6-5-7-12(13)15(20)18-14-11(4-2)10-17-19-14/h5-8,10,16H,3-4,9H2,1-2H3,(H2,17,18,19,20). The lowest BCUT2D eigenvalue weighted by atomic mass is 10.1. The van der Waals surface area contributed by atoms with Gasteiger partial charge in [0.2, 0.25) is 0 Å². The summed E-state index contributed by atoms with van der Waals surface area (Å²) >= 11 is 0. The number of aromatic amines is 1. The second-order valence-corrected chi connectivity index (χ2v) is 4.55. The van der Waals surface area contributed by atoms with E-state index in [1.807, 2.05) is 31.2 Å². The van der Waals surface area contributed by atoms with Crippen molar-refractivity contribution in [3.05, 3.63) is 41.6 Å². The number of anilines is 2. The number of hydrogen-bond acceptors (Lipinski definition) is 3. The van der Waals surface area contributed by atoms with Crippen LogP contribution in [-0.2, 0) is 6.42 Å². The molecule has 1 amide bonds. The fourth-order valence-corrected chi connectivity index (χ4v) is 1.96. The third-order valence-corrected chi connectivity index (χ3v) is 3.07. The van der Waals surface area contributed by atoms with Crippen LogP contribution >= 0.6 is 0 Å². The zero-order chi connectivity index (χ0) is 14.4. The molecule has 0 aliphatic heterocycles. The minimum Gasteiger partial charge on any atom is -0.384 e. The summed E-state index contributed by atoms with van der Waals surface area (Å²) in [6, 6.07) is 7.51. The van der Waals surface area contributed by atoms with Crippen LogP contribution in [0.15, 0.2) is 30.5 Å². The molecule has 0 atom stereocenters. The van der Waals surface area contributed by atoms with Gasteiger partial charge >= 0.3 is 0 Å². The lowest BCUT2D eigenvalue weighted by Gasteiger charge is -2.11. The van der Waals surface area contributed by atoms with Crippen LogP contribution in [-0.4, -0.2) is 22.6 Å². The molecule has 0 bridgehead atoms. The normalized spacial score (nSPS) is 10.3. The molecular formula is C15H20N4O. The molecule has 0 aliphatic rings. The van der Waals surface area contributed by atoms with Gasteiger partial charge in [0, 0.05) is 17.8 Å². The Morgan fingerprint density at radius 1 is 1.30 bits per heavy atom. The molecule has 2 aromatic rings. The third kappa shape index (κ3) is 3.17. The van der Waals surface area contributed by atoms with Crippen molar-refractivity contribution in [1.29, 1.82) is 0 Å². The second kappa shape index (κ2) is 6.75. The molecule has 0 aliphatic carbocycles. The predicted octanol–water partition coefficient (Wildman–Crippen LogP) is 3.05. The molecule has 1 heterocycles. The van der Waals surface area contributed by atoms with E-state index < -0.39 is 0 Å². The summed E-state index contributed by atoms with van der Waals surface area (Å²) in [5.74, 6) is 0.533. The number of H-pyrrole nitrogens is 1. The minimum atomic E-state index is -0.136. The Labute approximate surface area is 118 Å². The Kier molecular flexibility index (Phi) is 4.76. The molecule has 0 unspecified atom stereocenters. The molecule has 0 saturated carbocycles. The molecular weight excluding hydrogens is 252 g/mol. The second-order valence-electron chi connectivity index (χ2n) is 4.55. The minimum absolute atomic E-state index is 0.136. The van der Waals surface area contributed by atoms with E-state index in [0.717, 1.165) is 30.6 Å². The van der Waals surface area contributed by atoms with Crippen molar-refractivity contribution in [2.75, 3.05) is 17.2 Å². The smallest absolute Gasteiger partial charge is 0.258 e. The Balaban J connectivity index is 2.16. The van der Waals surface area contributed by atoms with Gasteiger partial charge in [-0.15, -0.1) is 0 Å². The molecule has 20 heavy (non-hydrogen) atoms. The first-order chi connectivity index (χ1) is 9.76. The van der Waals surface area contributed by atoms with Crippen molar-refractivity contribution in [2.24, 2.45) is 0 Å². The van der Waals surface area contributed by atoms with Crippen molar-refractivity contribution in [2.45, 2.75) is 26.7 Å². The van der Waals surface area contributed by atoms with E-state index in [2.05, 4.69) is 27.8 Å². The van der Waals surface area contributed by atoms with Gasteiger partial charge in [0.25, 0.3) is 5.91 Å². The number of hydrogen-bond donors (Lipinski definition) is 3. The highest BCUT2D eigenvalue weighted by Gasteiger charge is 2.13. The van der Waals surface area contributed by atoms with Gasteiger partial charge in [0.05, 0.1) is 11.8 Å². The average Bonchev–Trinajstić information content (AvgIpc) is 2.92. The van der Waals surface area contributed by atoms with Gasteiger partial charge in [-0.25, -0.2) is 0 Å². The van der Waals surface area contributed by atoms with Crippen molar-refractivity contribution in [1.82, 2.24) is 10.2 Å². The Bertz CT molecular complexity index is 577. The summed E-state index contributed by atoms with van der Waals surface area (Å²) in [5, 5.41) is 12.9. The number of amides is 1. The summed E-state index contributed by atoms with van der Waals surface area (Å²) in [7, 11) is 0. The highest BCUT2D eigenvalue weighted by molar-refractivity contribution is 6.07. The molecule has 1 aromatic heterocycles. The van der Waals surface area contributed by atoms with Gasteiger partial charge in [0.1, 0.15) is 5.82 Å². The molecule has 2 rings (SSSR count). The predicted molar refractivity (Wildman–Crippen MR) is 81.1 cm³/mol. The van der Waals surface area contributed by atoms with Crippen LogP contribution in [0.4, 0.5) is 11.5 Å². The van der Waals surface area contributed by atoms with Crippen LogP contribution in [0.1, 0.15) is 36.2 Å². The Morgan fingerprint density at radius 2 is 2.10 bits per heavy atom. The summed E-state index contributed by atoms with van der Waals surface area (Å²) in [5.41, 5.74) is 2.49. The number of aryl methyl sites for hydroxylation is 1. The van der Waals surface area contributed by atoms with Gasteiger partial charge in [-0.05, 0) is 25.0 Å². The van der Waals surface area contributed by atoms with Crippen molar-refractivity contribution >= 4 is 17.4 Å². The number of carbonyl (C=O) groups is 1. The number of rotatable bonds is 6. The van der Waals surface area contributed by atoms with Crippen molar-refractivity contribution in [3.8, 4) is 0 Å². The van der Waals surface area contributed by atoms with Gasteiger partial charge in [0.15, 0.2) is 0 Å². The highest BCUT2D eigenvalue weighted by Crippen LogP contribution is 2.18. The lowest BCUT2D eigenvalue weighted by molar-refractivity contribution is 0.102. The van der Waals surface area contributed by atoms with Crippen molar-refractivity contribution in [3.63, 3.8) is 0 Å². The van der Waals surface area contributed by atoms with Crippen LogP contribution in [0.2, 0.25) is 0 Å². The van der Waals surface area contributed by atoms with Crippen molar-refractivity contribution < 1.29 is 4.79 Å². The van der Waals surface area contributed by atoms with Gasteiger partial charge in [-0.3, -0.25) is 9.89 Å². The molecule has 106 valence electrons. The zero-order valence-corrected chi connectivity index (χ0v) is 11.9. The van der Waals surface area contributed by atoms with Crippen LogP contribution in [0.5, 0.6) is 0 Å². The largest absolute Gasteiger partial charge is 0.384 e. The number of aromatic nitrogens is 2. The van der Waals surface area contributed by atoms with E-state index >= 15 is 0 Å². The van der Waals surface area contributed by atoms with Crippen LogP contribution in [0.3, 0.4) is 0 Å². The molecule has 0 fully saturated rings. The molecule has 1 aromatic carbocycles. The van der Waals surface area contributed by atoms with E-state index in [9.17, 15) is 4.79 Å². The maximum absolute atomic E-state index is 12.4. The maximum atomic E-state index is 12.4. The van der Waals surface area contributed by atoms with Gasteiger partial charge in [-0.1, -0.05) is 26.0 Å². The Morgan fingerprint density at radius 3 is 2.85 bits per heavy atom. The first kappa shape index (κ1) is 14.1. The fraction of sp³-hybridized carbons (Fsp3) is 0.333. The zero-order valence-electron chi connectivity index (χ0n) is 11.9. The van der Waals surface area contributed by atoms with E-state index in [-0.39, 0.29) is 5.91 Å². The number of nitrogens with one attached hydrogen (secondary N) is 3. The molecule has 3 N–H and O–H groups in total. The third-order valence-electron chi connectivity index (χ3n) is 3.07. The monoisotopic (exact) mass is 272 g/mol. The number of carbonyl (C=O) groups excluding carboxylic acids is 1. The first-order valence-corrected chi connectivity index (χ1v) is 6.92. The SMILES string of the molecule is CCCNc1ccccc1C(=O)Nc1[nH]ncc1CC. The van der Waals surface area contributed by atoms with Gasteiger partial charge < -0.3 is 10.6 Å². The van der Waals surface area contributed by atoms with Gasteiger partial charge in [-0.2, -0.15) is 5.10 Å². The average molecular weight is 272 g/mol. The summed E-state index contributed by atoms with van der Waals surface area (Å²) in [4.78, 5) is 12.4. The number of benzene rings is 1. The van der Waals surface area contributed by atoms with Crippen LogP contribution in [0.25, 0.3) is 0 Å². The summed E-state index contributed by atoms with van der Waals surface area (Å²) in [6.07, 6.45) is 3.56. The summed E-state index contributed by atoms with van der Waals surface area (Å²) < 4.78 is 0.